The van der Waals surface area contributed by atoms with Crippen LogP contribution in [0.25, 0.3) is 0 Å². The summed E-state index contributed by atoms with van der Waals surface area (Å²) in [6.45, 7) is 8.31. The van der Waals surface area contributed by atoms with Gasteiger partial charge < -0.3 is 0 Å². The standard InChI is InChI=1S/C52H86N2/c1-4-6-8-10-12-14-16-18-20-22-24-26-28-30-38-45-54-46-44-53-51(54)50(43-37-29-27-25-23-21-19-17-15-13-11-9-7-5-2)52(3,49-41-35-32-36-42-49)47-48-39-33-31-34-40-48/h31-36,39-42,44,46,50H,4-30,37-38,43,45,47H2,1-3H3/p+1. The van der Waals surface area contributed by atoms with Gasteiger partial charge in [-0.15, -0.1) is 0 Å². The van der Waals surface area contributed by atoms with Crippen LogP contribution in [0.15, 0.2) is 73.1 Å². The summed E-state index contributed by atoms with van der Waals surface area (Å²) in [7, 11) is 0. The van der Waals surface area contributed by atoms with Crippen molar-refractivity contribution in [1.82, 2.24) is 4.98 Å². The van der Waals surface area contributed by atoms with E-state index in [1.54, 1.807) is 0 Å². The highest BCUT2D eigenvalue weighted by molar-refractivity contribution is 5.32. The van der Waals surface area contributed by atoms with Crippen molar-refractivity contribution in [3.8, 4) is 0 Å². The molecule has 0 aliphatic carbocycles. The molecular formula is C52H87N2+. The van der Waals surface area contributed by atoms with Crippen molar-refractivity contribution in [2.75, 3.05) is 0 Å². The molecule has 1 N–H and O–H groups in total. The Morgan fingerprint density at radius 2 is 0.870 bits per heavy atom. The van der Waals surface area contributed by atoms with Crippen LogP contribution in [0.3, 0.4) is 0 Å². The van der Waals surface area contributed by atoms with Crippen LogP contribution >= 0.6 is 0 Å². The zero-order chi connectivity index (χ0) is 38.2. The Kier molecular flexibility index (Phi) is 26.3. The van der Waals surface area contributed by atoms with E-state index in [1.807, 2.05) is 0 Å². The monoisotopic (exact) mass is 740 g/mol. The highest BCUT2D eigenvalue weighted by atomic mass is 15.1. The van der Waals surface area contributed by atoms with E-state index in [0.29, 0.717) is 5.92 Å². The number of nitrogens with one attached hydrogen (secondary N) is 1. The molecule has 0 amide bonds. The molecule has 2 aromatic carbocycles. The lowest BCUT2D eigenvalue weighted by Crippen LogP contribution is -2.43. The van der Waals surface area contributed by atoms with Crippen molar-refractivity contribution in [3.63, 3.8) is 0 Å². The van der Waals surface area contributed by atoms with Crippen molar-refractivity contribution in [1.29, 1.82) is 0 Å². The van der Waals surface area contributed by atoms with Crippen LogP contribution < -0.4 is 4.57 Å². The van der Waals surface area contributed by atoms with E-state index in [0.717, 1.165) is 13.0 Å². The molecule has 0 aliphatic heterocycles. The van der Waals surface area contributed by atoms with Gasteiger partial charge in [0.05, 0.1) is 12.5 Å². The minimum Gasteiger partial charge on any atom is -0.247 e. The first-order chi connectivity index (χ1) is 26.7. The molecule has 0 radical (unpaired) electrons. The minimum atomic E-state index is 0.000802. The van der Waals surface area contributed by atoms with Crippen molar-refractivity contribution in [2.45, 2.75) is 238 Å². The number of hydrogen-bond donors (Lipinski definition) is 1. The zero-order valence-electron chi connectivity index (χ0n) is 36.1. The fourth-order valence-electron chi connectivity index (χ4n) is 9.09. The molecule has 0 bridgehead atoms. The normalized spacial score (nSPS) is 13.3. The van der Waals surface area contributed by atoms with Crippen molar-refractivity contribution in [2.24, 2.45) is 0 Å². The number of aromatic amines is 1. The molecule has 0 saturated heterocycles. The average molecular weight is 740 g/mol. The molecule has 0 fully saturated rings. The molecular weight excluding hydrogens is 653 g/mol. The summed E-state index contributed by atoms with van der Waals surface area (Å²) in [5, 5.41) is 0. The van der Waals surface area contributed by atoms with Gasteiger partial charge in [0.2, 0.25) is 0 Å². The predicted molar refractivity (Wildman–Crippen MR) is 238 cm³/mol. The average Bonchev–Trinajstić information content (AvgIpc) is 3.66. The molecule has 2 atom stereocenters. The maximum Gasteiger partial charge on any atom is 0.258 e. The Morgan fingerprint density at radius 3 is 1.31 bits per heavy atom. The molecule has 1 aromatic heterocycles. The Labute approximate surface area is 336 Å². The predicted octanol–water partition coefficient (Wildman–Crippen LogP) is 16.3. The van der Waals surface area contributed by atoms with E-state index in [-0.39, 0.29) is 5.41 Å². The summed E-state index contributed by atoms with van der Waals surface area (Å²) in [5.74, 6) is 1.88. The lowest BCUT2D eigenvalue weighted by Gasteiger charge is -2.37. The molecule has 1 heterocycles. The van der Waals surface area contributed by atoms with Gasteiger partial charge >= 0.3 is 0 Å². The topological polar surface area (TPSA) is 19.7 Å². The Bertz CT molecular complexity index is 1230. The summed E-state index contributed by atoms with van der Waals surface area (Å²) in [6, 6.07) is 22.7. The maximum absolute atomic E-state index is 3.83. The molecule has 54 heavy (non-hydrogen) atoms. The van der Waals surface area contributed by atoms with Gasteiger partial charge in [0, 0.05) is 5.41 Å². The molecule has 2 heteroatoms. The van der Waals surface area contributed by atoms with E-state index in [1.165, 1.54) is 210 Å². The molecule has 2 nitrogen and oxygen atoms in total. The molecule has 3 rings (SSSR count). The van der Waals surface area contributed by atoms with Crippen molar-refractivity contribution < 1.29 is 4.57 Å². The molecule has 2 unspecified atom stereocenters. The van der Waals surface area contributed by atoms with Gasteiger partial charge in [-0.25, -0.2) is 9.55 Å². The van der Waals surface area contributed by atoms with Crippen LogP contribution in [0.1, 0.15) is 236 Å². The number of aryl methyl sites for hydroxylation is 1. The summed E-state index contributed by atoms with van der Waals surface area (Å²) >= 11 is 0. The summed E-state index contributed by atoms with van der Waals surface area (Å²) in [4.78, 5) is 3.83. The van der Waals surface area contributed by atoms with Gasteiger partial charge in [-0.3, -0.25) is 0 Å². The van der Waals surface area contributed by atoms with Gasteiger partial charge in [0.1, 0.15) is 12.4 Å². The molecule has 0 saturated carbocycles. The fourth-order valence-corrected chi connectivity index (χ4v) is 9.09. The SMILES string of the molecule is CCCCCCCCCCCCCCCCC[n+]1cc[nH]c1C(CCCCCCCCCCCCCCCC)C(C)(Cc1ccccc1)c1ccccc1. The van der Waals surface area contributed by atoms with E-state index in [2.05, 4.69) is 103 Å². The second-order valence-electron chi connectivity index (χ2n) is 17.4. The van der Waals surface area contributed by atoms with Gasteiger partial charge in [-0.05, 0) is 36.8 Å². The maximum atomic E-state index is 3.83. The zero-order valence-corrected chi connectivity index (χ0v) is 36.1. The Balaban J connectivity index is 1.49. The van der Waals surface area contributed by atoms with Gasteiger partial charge in [-0.1, -0.05) is 255 Å². The van der Waals surface area contributed by atoms with Crippen LogP contribution in [0.2, 0.25) is 0 Å². The number of unbranched alkanes of at least 4 members (excludes halogenated alkanes) is 27. The smallest absolute Gasteiger partial charge is 0.247 e. The number of hydrogen-bond acceptors (Lipinski definition) is 0. The summed E-state index contributed by atoms with van der Waals surface area (Å²) in [6.07, 6.45) is 47.8. The summed E-state index contributed by atoms with van der Waals surface area (Å²) < 4.78 is 2.60. The van der Waals surface area contributed by atoms with Crippen LogP contribution in [0.4, 0.5) is 0 Å². The van der Waals surface area contributed by atoms with Gasteiger partial charge in [0.25, 0.3) is 5.82 Å². The van der Waals surface area contributed by atoms with E-state index >= 15 is 0 Å². The highest BCUT2D eigenvalue weighted by Crippen LogP contribution is 2.43. The lowest BCUT2D eigenvalue weighted by atomic mass is 9.66. The second kappa shape index (κ2) is 30.8. The highest BCUT2D eigenvalue weighted by Gasteiger charge is 2.42. The van der Waals surface area contributed by atoms with Crippen LogP contribution in [-0.2, 0) is 18.4 Å². The first-order valence-electron chi connectivity index (χ1n) is 23.8. The number of rotatable bonds is 36. The molecule has 0 spiro atoms. The largest absolute Gasteiger partial charge is 0.258 e. The third-order valence-electron chi connectivity index (χ3n) is 12.6. The molecule has 304 valence electrons. The third kappa shape index (κ3) is 19.5. The fraction of sp³-hybridized carbons (Fsp3) is 0.712. The van der Waals surface area contributed by atoms with E-state index in [9.17, 15) is 0 Å². The second-order valence-corrected chi connectivity index (χ2v) is 17.4. The number of benzene rings is 2. The summed E-state index contributed by atoms with van der Waals surface area (Å²) in [5.41, 5.74) is 2.91. The van der Waals surface area contributed by atoms with Crippen LogP contribution in [0.5, 0.6) is 0 Å². The van der Waals surface area contributed by atoms with Crippen molar-refractivity contribution in [3.05, 3.63) is 90.0 Å². The number of nitrogens with zero attached hydrogens (tertiary/aromatic N) is 1. The van der Waals surface area contributed by atoms with Crippen LogP contribution in [-0.4, -0.2) is 4.98 Å². The first-order valence-corrected chi connectivity index (χ1v) is 23.8. The lowest BCUT2D eigenvalue weighted by molar-refractivity contribution is -0.705. The number of aromatic nitrogens is 2. The number of H-pyrrole nitrogens is 1. The first kappa shape index (κ1) is 46.0. The molecule has 3 aromatic rings. The van der Waals surface area contributed by atoms with E-state index in [4.69, 9.17) is 0 Å². The Hall–Kier alpha value is -2.35. The van der Waals surface area contributed by atoms with Gasteiger partial charge in [0.15, 0.2) is 0 Å². The number of imidazole rings is 1. The van der Waals surface area contributed by atoms with Crippen LogP contribution in [0, 0.1) is 0 Å². The Morgan fingerprint density at radius 1 is 0.481 bits per heavy atom. The minimum absolute atomic E-state index is 0.000802. The van der Waals surface area contributed by atoms with Crippen molar-refractivity contribution >= 4 is 0 Å². The molecule has 0 aliphatic rings. The quantitative estimate of drug-likeness (QED) is 0.0453. The van der Waals surface area contributed by atoms with E-state index < -0.39 is 0 Å². The third-order valence-corrected chi connectivity index (χ3v) is 12.6. The van der Waals surface area contributed by atoms with Gasteiger partial charge in [-0.2, -0.15) is 0 Å².